The van der Waals surface area contributed by atoms with Gasteiger partial charge in [0.2, 0.25) is 70.9 Å². The van der Waals surface area contributed by atoms with E-state index in [1.807, 2.05) is 0 Å². The number of carboxylic acid groups (broad SMARTS) is 2. The summed E-state index contributed by atoms with van der Waals surface area (Å²) in [5.41, 5.74) is 14.2. The molecule has 0 aliphatic carbocycles. The molecular formula is C68H80N14O19. The maximum absolute atomic E-state index is 14.6. The summed E-state index contributed by atoms with van der Waals surface area (Å²) in [6.07, 6.45) is -0.946. The van der Waals surface area contributed by atoms with E-state index in [-0.39, 0.29) is 55.8 Å². The van der Waals surface area contributed by atoms with Crippen molar-refractivity contribution >= 4 is 93.7 Å². The number of para-hydroxylation sites is 1. The third-order valence-corrected chi connectivity index (χ3v) is 15.5. The number of carbonyl (C=O) groups is 14. The van der Waals surface area contributed by atoms with E-state index in [0.717, 1.165) is 0 Å². The smallest absolute Gasteiger partial charge is 0.326 e. The number of carbonyl (C=O) groups excluding carboxylic acids is 12. The van der Waals surface area contributed by atoms with Crippen LogP contribution < -0.4 is 70.0 Å². The van der Waals surface area contributed by atoms with E-state index in [9.17, 15) is 87.5 Å². The highest BCUT2D eigenvalue weighted by molar-refractivity contribution is 5.99. The number of nitrogens with two attached hydrogens (primary N) is 2. The molecule has 21 N–H and O–H groups in total. The maximum Gasteiger partial charge on any atom is 0.326 e. The first kappa shape index (κ1) is 77.6. The van der Waals surface area contributed by atoms with Crippen LogP contribution in [0.5, 0.6) is 17.2 Å². The molecule has 12 amide bonds. The van der Waals surface area contributed by atoms with Gasteiger partial charge in [0.05, 0.1) is 32.1 Å². The highest BCUT2D eigenvalue weighted by Crippen LogP contribution is 2.21. The molecule has 33 nitrogen and oxygen atoms in total. The lowest BCUT2D eigenvalue weighted by atomic mass is 10.0. The molecular weight excluding hydrogens is 1320 g/mol. The first-order valence-electron chi connectivity index (χ1n) is 31.6. The number of aliphatic carboxylic acids is 2. The van der Waals surface area contributed by atoms with Gasteiger partial charge in [0.1, 0.15) is 65.6 Å². The second kappa shape index (κ2) is 37.9. The molecule has 536 valence electrons. The quantitative estimate of drug-likeness (QED) is 0.0186. The van der Waals surface area contributed by atoms with Crippen LogP contribution in [0.2, 0.25) is 0 Å². The maximum atomic E-state index is 14.6. The van der Waals surface area contributed by atoms with Crippen LogP contribution in [0.15, 0.2) is 134 Å². The van der Waals surface area contributed by atoms with Gasteiger partial charge in [-0.2, -0.15) is 0 Å². The topological polar surface area (TPSA) is 540 Å². The molecule has 33 heteroatoms. The zero-order valence-electron chi connectivity index (χ0n) is 54.8. The summed E-state index contributed by atoms with van der Waals surface area (Å²) < 4.78 is 0. The molecule has 0 spiro atoms. The molecule has 0 radical (unpaired) electrons. The van der Waals surface area contributed by atoms with Crippen molar-refractivity contribution in [1.82, 2.24) is 63.5 Å². The number of aromatic hydroxyl groups is 3. The van der Waals surface area contributed by atoms with Crippen LogP contribution in [-0.4, -0.2) is 187 Å². The standard InChI is InChI=1S/C68H80N14O19/c1-36(60(92)79-52(30-42-32-71-48-11-7-6-10-46(42)48)66(98)81-51(26-38-8-4-3-5-9-38)65(97)76-37(2)61(93)82-54(68(100)101)29-41-16-22-45(85)23-17-41)75-56(87)33-73-64(96)50(28-40-14-20-44(84)21-15-40)80-67(99)53(31-55(70)86)78-58(89)35-74-63(95)49(27-39-12-18-43(83)19-13-39)77-57(88)34-72-62(94)47(69)24-25-59(90)91/h3-23,32,36-37,47,49-54,71,83-85H,24-31,33-35,69H2,1-2H3,(H2,70,86)(H,72,94)(H,73,96)(H,74,95)(H,75,87)(H,76,97)(H,77,88)(H,78,89)(H,79,92)(H,80,99)(H,81,98)(H,82,93)(H,90,91)(H,100,101)/t36-,37-,47-,49-,50-,51-,52-,53-,54-/m0/s1. The first-order chi connectivity index (χ1) is 48.0. The Labute approximate surface area is 577 Å². The van der Waals surface area contributed by atoms with E-state index < -0.39 is 170 Å². The Morgan fingerprint density at radius 2 is 0.782 bits per heavy atom. The molecule has 0 aliphatic rings. The Bertz CT molecular complexity index is 3950. The zero-order chi connectivity index (χ0) is 73.9. The zero-order valence-corrected chi connectivity index (χ0v) is 54.8. The molecule has 0 fully saturated rings. The van der Waals surface area contributed by atoms with Crippen LogP contribution >= 0.6 is 0 Å². The van der Waals surface area contributed by atoms with Gasteiger partial charge in [-0.15, -0.1) is 0 Å². The number of fused-ring (bicyclic) bond motifs is 1. The lowest BCUT2D eigenvalue weighted by molar-refractivity contribution is -0.142. The Kier molecular flexibility index (Phi) is 29.1. The van der Waals surface area contributed by atoms with E-state index in [4.69, 9.17) is 16.6 Å². The van der Waals surface area contributed by atoms with Crippen molar-refractivity contribution in [2.75, 3.05) is 19.6 Å². The molecule has 9 atom stereocenters. The number of primary amides is 1. The van der Waals surface area contributed by atoms with Crippen molar-refractivity contribution in [3.63, 3.8) is 0 Å². The van der Waals surface area contributed by atoms with Gasteiger partial charge >= 0.3 is 11.9 Å². The fourth-order valence-corrected chi connectivity index (χ4v) is 10.1. The van der Waals surface area contributed by atoms with Crippen LogP contribution in [0.1, 0.15) is 60.9 Å². The third-order valence-electron chi connectivity index (χ3n) is 15.5. The van der Waals surface area contributed by atoms with E-state index in [0.29, 0.717) is 38.7 Å². The van der Waals surface area contributed by atoms with Crippen LogP contribution in [0, 0.1) is 0 Å². The van der Waals surface area contributed by atoms with E-state index in [1.54, 1.807) is 60.8 Å². The Balaban J connectivity index is 1.11. The number of H-pyrrole nitrogens is 1. The summed E-state index contributed by atoms with van der Waals surface area (Å²) in [5, 5.41) is 75.7. The number of aromatic amines is 1. The van der Waals surface area contributed by atoms with Crippen molar-refractivity contribution in [2.45, 2.75) is 120 Å². The summed E-state index contributed by atoms with van der Waals surface area (Å²) in [6.45, 7) is 0.148. The number of carboxylic acids is 2. The van der Waals surface area contributed by atoms with Crippen LogP contribution in [0.25, 0.3) is 10.9 Å². The summed E-state index contributed by atoms with van der Waals surface area (Å²) in [7, 11) is 0. The van der Waals surface area contributed by atoms with Gasteiger partial charge in [0, 0.05) is 55.6 Å². The number of nitrogens with one attached hydrogen (secondary N) is 12. The van der Waals surface area contributed by atoms with Crippen LogP contribution in [0.3, 0.4) is 0 Å². The molecule has 1 aromatic heterocycles. The molecule has 101 heavy (non-hydrogen) atoms. The average molecular weight is 1400 g/mol. The van der Waals surface area contributed by atoms with Gasteiger partial charge < -0.3 is 100 Å². The number of benzene rings is 5. The number of aromatic nitrogens is 1. The van der Waals surface area contributed by atoms with Crippen LogP contribution in [0.4, 0.5) is 0 Å². The molecule has 6 rings (SSSR count). The molecule has 5 aromatic carbocycles. The molecule has 0 aliphatic heterocycles. The number of hydrogen-bond donors (Lipinski definition) is 19. The number of phenols is 3. The van der Waals surface area contributed by atoms with Gasteiger partial charge in [0.25, 0.3) is 0 Å². The van der Waals surface area contributed by atoms with Gasteiger partial charge in [-0.3, -0.25) is 62.3 Å². The third kappa shape index (κ3) is 25.8. The van der Waals surface area contributed by atoms with Crippen LogP contribution in [-0.2, 0) is 99.2 Å². The largest absolute Gasteiger partial charge is 0.508 e. The number of phenolic OH excluding ortho intramolecular Hbond substituents is 3. The second-order valence-corrected chi connectivity index (χ2v) is 23.6. The molecule has 1 heterocycles. The first-order valence-corrected chi connectivity index (χ1v) is 31.6. The molecule has 0 saturated carbocycles. The van der Waals surface area contributed by atoms with Gasteiger partial charge in [-0.25, -0.2) is 4.79 Å². The predicted octanol–water partition coefficient (Wildman–Crippen LogP) is -2.78. The van der Waals surface area contributed by atoms with E-state index >= 15 is 0 Å². The van der Waals surface area contributed by atoms with E-state index in [1.165, 1.54) is 86.6 Å². The Morgan fingerprint density at radius 3 is 1.28 bits per heavy atom. The lowest BCUT2D eigenvalue weighted by Crippen LogP contribution is -2.59. The minimum absolute atomic E-state index is 0.0545. The molecule has 6 aromatic rings. The average Bonchev–Trinajstić information content (AvgIpc) is 1.78. The fraction of sp³-hybridized carbons (Fsp3) is 0.324. The monoisotopic (exact) mass is 1400 g/mol. The fourth-order valence-electron chi connectivity index (χ4n) is 10.1. The second-order valence-electron chi connectivity index (χ2n) is 23.6. The highest BCUT2D eigenvalue weighted by Gasteiger charge is 2.34. The van der Waals surface area contributed by atoms with Gasteiger partial charge in [-0.05, 0) is 90.6 Å². The highest BCUT2D eigenvalue weighted by atomic mass is 16.4. The number of amides is 12. The summed E-state index contributed by atoms with van der Waals surface area (Å²) in [6, 6.07) is 18.8. The predicted molar refractivity (Wildman–Crippen MR) is 360 cm³/mol. The molecule has 0 saturated heterocycles. The summed E-state index contributed by atoms with van der Waals surface area (Å²) >= 11 is 0. The minimum Gasteiger partial charge on any atom is -0.508 e. The van der Waals surface area contributed by atoms with Crippen molar-refractivity contribution in [1.29, 1.82) is 0 Å². The Hall–Kier alpha value is -12.4. The molecule has 0 unspecified atom stereocenters. The van der Waals surface area contributed by atoms with Crippen molar-refractivity contribution < 1.29 is 92.7 Å². The lowest BCUT2D eigenvalue weighted by Gasteiger charge is -2.26. The minimum atomic E-state index is -1.81. The normalized spacial score (nSPS) is 13.6. The summed E-state index contributed by atoms with van der Waals surface area (Å²) in [5.74, 6) is -14.5. The van der Waals surface area contributed by atoms with Crippen molar-refractivity contribution in [2.24, 2.45) is 11.5 Å². The number of rotatable bonds is 38. The van der Waals surface area contributed by atoms with Crippen molar-refractivity contribution in [3.8, 4) is 17.2 Å². The molecule has 0 bridgehead atoms. The summed E-state index contributed by atoms with van der Waals surface area (Å²) in [4.78, 5) is 189. The Morgan fingerprint density at radius 1 is 0.406 bits per heavy atom. The SMILES string of the molecule is C[C@H](NC(=O)CNC(=O)[C@H](Cc1ccc(O)cc1)NC(=O)[C@H](CC(N)=O)NC(=O)CNC(=O)[C@H](Cc1ccc(O)cc1)NC(=O)CNC(=O)[C@@H](N)CCC(=O)O)C(=O)N[C@@H](Cc1c[nH]c2ccccc12)C(=O)N[C@@H](Cc1ccccc1)C(=O)N[C@@H](C)C(=O)N[C@@H](Cc1ccc(O)cc1)C(=O)O. The van der Waals surface area contributed by atoms with Crippen molar-refractivity contribution in [3.05, 3.63) is 161 Å². The van der Waals surface area contributed by atoms with Gasteiger partial charge in [0.15, 0.2) is 0 Å². The van der Waals surface area contributed by atoms with E-state index in [2.05, 4.69) is 63.5 Å². The number of hydrogen-bond acceptors (Lipinski definition) is 18. The van der Waals surface area contributed by atoms with Gasteiger partial charge in [-0.1, -0.05) is 84.9 Å².